The van der Waals surface area contributed by atoms with Crippen molar-refractivity contribution in [1.82, 2.24) is 0 Å². The maximum atomic E-state index is 3.73. The van der Waals surface area contributed by atoms with Crippen molar-refractivity contribution in [3.05, 3.63) is 102 Å². The quantitative estimate of drug-likeness (QED) is 0.725. The number of nitrogens with one attached hydrogen (secondary N) is 1. The highest BCUT2D eigenvalue weighted by molar-refractivity contribution is 5.58. The highest BCUT2D eigenvalue weighted by Gasteiger charge is 2.29. The molecule has 108 valence electrons. The second-order valence-electron chi connectivity index (χ2n) is 5.91. The zero-order valence-electron chi connectivity index (χ0n) is 12.4. The Balaban J connectivity index is 1.74. The molecule has 0 amide bonds. The minimum absolute atomic E-state index is 0.370. The van der Waals surface area contributed by atoms with Gasteiger partial charge in [0.15, 0.2) is 0 Å². The lowest BCUT2D eigenvalue weighted by molar-refractivity contribution is 0.654. The molecule has 22 heavy (non-hydrogen) atoms. The first-order valence-electron chi connectivity index (χ1n) is 7.86. The molecule has 0 aliphatic carbocycles. The van der Waals surface area contributed by atoms with E-state index in [4.69, 9.17) is 0 Å². The Morgan fingerprint density at radius 1 is 0.682 bits per heavy atom. The van der Waals surface area contributed by atoms with Gasteiger partial charge in [0, 0.05) is 17.6 Å². The molecule has 1 N–H and O–H groups in total. The predicted octanol–water partition coefficient (Wildman–Crippen LogP) is 4.86. The summed E-state index contributed by atoms with van der Waals surface area (Å²) in [5, 5.41) is 3.73. The SMILES string of the molecule is c1ccc(C(c2ccccc2)C2Cc3ccccc3N2)cc1. The molecule has 4 rings (SSSR count). The van der Waals surface area contributed by atoms with Crippen molar-refractivity contribution in [3.8, 4) is 0 Å². The fraction of sp³-hybridized carbons (Fsp3) is 0.143. The zero-order valence-corrected chi connectivity index (χ0v) is 12.4. The van der Waals surface area contributed by atoms with Crippen LogP contribution in [0.25, 0.3) is 0 Å². The van der Waals surface area contributed by atoms with Gasteiger partial charge in [-0.15, -0.1) is 0 Å². The van der Waals surface area contributed by atoms with E-state index in [0.717, 1.165) is 6.42 Å². The normalized spacial score (nSPS) is 16.3. The van der Waals surface area contributed by atoms with E-state index < -0.39 is 0 Å². The van der Waals surface area contributed by atoms with E-state index in [1.54, 1.807) is 0 Å². The molecule has 1 nitrogen and oxygen atoms in total. The van der Waals surface area contributed by atoms with Gasteiger partial charge in [-0.05, 0) is 29.2 Å². The summed E-state index contributed by atoms with van der Waals surface area (Å²) in [7, 11) is 0. The molecule has 0 fully saturated rings. The Morgan fingerprint density at radius 2 is 1.23 bits per heavy atom. The lowest BCUT2D eigenvalue weighted by Gasteiger charge is -2.25. The van der Waals surface area contributed by atoms with Gasteiger partial charge in [-0.25, -0.2) is 0 Å². The molecule has 0 bridgehead atoms. The Morgan fingerprint density at radius 3 is 1.82 bits per heavy atom. The van der Waals surface area contributed by atoms with Crippen LogP contribution < -0.4 is 5.32 Å². The van der Waals surface area contributed by atoms with Crippen molar-refractivity contribution in [1.29, 1.82) is 0 Å². The van der Waals surface area contributed by atoms with E-state index in [0.29, 0.717) is 12.0 Å². The van der Waals surface area contributed by atoms with E-state index in [2.05, 4.69) is 90.2 Å². The van der Waals surface area contributed by atoms with Crippen molar-refractivity contribution in [3.63, 3.8) is 0 Å². The monoisotopic (exact) mass is 285 g/mol. The molecule has 3 aromatic rings. The Labute approximate surface area is 131 Å². The summed E-state index contributed by atoms with van der Waals surface area (Å²) in [5.41, 5.74) is 5.45. The summed E-state index contributed by atoms with van der Waals surface area (Å²) in [4.78, 5) is 0. The molecule has 1 atom stereocenters. The molecule has 0 aromatic heterocycles. The standard InChI is InChI=1S/C21H19N/c1-3-9-16(10-4-1)21(17-11-5-2-6-12-17)20-15-18-13-7-8-14-19(18)22-20/h1-14,20-22H,15H2. The van der Waals surface area contributed by atoms with Crippen LogP contribution in [0, 0.1) is 0 Å². The molecule has 1 aliphatic heterocycles. The highest BCUT2D eigenvalue weighted by atomic mass is 15.0. The van der Waals surface area contributed by atoms with Crippen LogP contribution in [0.15, 0.2) is 84.9 Å². The van der Waals surface area contributed by atoms with E-state index in [-0.39, 0.29) is 0 Å². The van der Waals surface area contributed by atoms with Crippen molar-refractivity contribution < 1.29 is 0 Å². The van der Waals surface area contributed by atoms with Gasteiger partial charge in [-0.3, -0.25) is 0 Å². The first-order chi connectivity index (χ1) is 10.9. The lowest BCUT2D eigenvalue weighted by atomic mass is 9.84. The van der Waals surface area contributed by atoms with E-state index in [1.807, 2.05) is 0 Å². The number of benzene rings is 3. The van der Waals surface area contributed by atoms with Crippen LogP contribution >= 0.6 is 0 Å². The van der Waals surface area contributed by atoms with Gasteiger partial charge in [0.1, 0.15) is 0 Å². The van der Waals surface area contributed by atoms with Crippen LogP contribution in [-0.2, 0) is 6.42 Å². The van der Waals surface area contributed by atoms with E-state index in [1.165, 1.54) is 22.4 Å². The highest BCUT2D eigenvalue weighted by Crippen LogP contribution is 2.36. The number of fused-ring (bicyclic) bond motifs is 1. The molecule has 0 saturated carbocycles. The largest absolute Gasteiger partial charge is 0.381 e. The first-order valence-corrected chi connectivity index (χ1v) is 7.86. The molecule has 0 radical (unpaired) electrons. The third-order valence-corrected chi connectivity index (χ3v) is 4.52. The predicted molar refractivity (Wildman–Crippen MR) is 92.3 cm³/mol. The van der Waals surface area contributed by atoms with Gasteiger partial charge in [0.25, 0.3) is 0 Å². The van der Waals surface area contributed by atoms with Crippen LogP contribution in [0.4, 0.5) is 5.69 Å². The average Bonchev–Trinajstić information content (AvgIpc) is 3.00. The van der Waals surface area contributed by atoms with Gasteiger partial charge in [0.2, 0.25) is 0 Å². The first kappa shape index (κ1) is 13.1. The summed E-state index contributed by atoms with van der Waals surface area (Å²) in [6.07, 6.45) is 1.07. The second-order valence-corrected chi connectivity index (χ2v) is 5.91. The van der Waals surface area contributed by atoms with Crippen LogP contribution in [0.5, 0.6) is 0 Å². The molecule has 1 heterocycles. The zero-order chi connectivity index (χ0) is 14.8. The Hall–Kier alpha value is -2.54. The van der Waals surface area contributed by atoms with Crippen LogP contribution in [0.3, 0.4) is 0 Å². The Kier molecular flexibility index (Phi) is 3.40. The van der Waals surface area contributed by atoms with Crippen molar-refractivity contribution in [2.24, 2.45) is 0 Å². The second kappa shape index (κ2) is 5.69. The topological polar surface area (TPSA) is 12.0 Å². The van der Waals surface area contributed by atoms with Crippen molar-refractivity contribution >= 4 is 5.69 Å². The van der Waals surface area contributed by atoms with Gasteiger partial charge in [-0.2, -0.15) is 0 Å². The van der Waals surface area contributed by atoms with Crippen LogP contribution in [0.1, 0.15) is 22.6 Å². The molecule has 0 saturated heterocycles. The maximum absolute atomic E-state index is 3.73. The number of para-hydroxylation sites is 1. The van der Waals surface area contributed by atoms with Gasteiger partial charge < -0.3 is 5.32 Å². The molecule has 0 spiro atoms. The minimum atomic E-state index is 0.370. The third-order valence-electron chi connectivity index (χ3n) is 4.52. The lowest BCUT2D eigenvalue weighted by Crippen LogP contribution is -2.26. The molecular formula is C21H19N. The summed E-state index contributed by atoms with van der Waals surface area (Å²) in [6, 6.07) is 30.7. The Bertz CT molecular complexity index is 685. The summed E-state index contributed by atoms with van der Waals surface area (Å²) >= 11 is 0. The maximum Gasteiger partial charge on any atom is 0.0411 e. The fourth-order valence-corrected chi connectivity index (χ4v) is 3.51. The van der Waals surface area contributed by atoms with Crippen LogP contribution in [0.2, 0.25) is 0 Å². The number of rotatable bonds is 3. The van der Waals surface area contributed by atoms with Crippen LogP contribution in [-0.4, -0.2) is 6.04 Å². The summed E-state index contributed by atoms with van der Waals surface area (Å²) in [6.45, 7) is 0. The molecular weight excluding hydrogens is 266 g/mol. The number of hydrogen-bond donors (Lipinski definition) is 1. The van der Waals surface area contributed by atoms with E-state index in [9.17, 15) is 0 Å². The molecule has 1 unspecified atom stereocenters. The van der Waals surface area contributed by atoms with Crippen molar-refractivity contribution in [2.45, 2.75) is 18.4 Å². The third kappa shape index (κ3) is 2.39. The summed E-state index contributed by atoms with van der Waals surface area (Å²) < 4.78 is 0. The molecule has 3 aromatic carbocycles. The van der Waals surface area contributed by atoms with Crippen molar-refractivity contribution in [2.75, 3.05) is 5.32 Å². The average molecular weight is 285 g/mol. The summed E-state index contributed by atoms with van der Waals surface area (Å²) in [5.74, 6) is 0.370. The van der Waals surface area contributed by atoms with Gasteiger partial charge >= 0.3 is 0 Å². The van der Waals surface area contributed by atoms with Gasteiger partial charge in [0.05, 0.1) is 0 Å². The fourth-order valence-electron chi connectivity index (χ4n) is 3.51. The molecule has 1 aliphatic rings. The van der Waals surface area contributed by atoms with E-state index >= 15 is 0 Å². The minimum Gasteiger partial charge on any atom is -0.381 e. The molecule has 1 heteroatoms. The smallest absolute Gasteiger partial charge is 0.0411 e. The number of anilines is 1. The van der Waals surface area contributed by atoms with Gasteiger partial charge in [-0.1, -0.05) is 78.9 Å². The number of hydrogen-bond acceptors (Lipinski definition) is 1.